The third-order valence-corrected chi connectivity index (χ3v) is 5.96. The van der Waals surface area contributed by atoms with E-state index < -0.39 is 0 Å². The highest BCUT2D eigenvalue weighted by atomic mass is 79.9. The molecule has 1 unspecified atom stereocenters. The van der Waals surface area contributed by atoms with Crippen LogP contribution >= 0.6 is 38.9 Å². The Morgan fingerprint density at radius 3 is 3.00 bits per heavy atom. The molecule has 0 amide bonds. The van der Waals surface area contributed by atoms with E-state index in [2.05, 4.69) is 40.3 Å². The SMILES string of the molecule is C[C@@H](NC1CCCc2sc(Br)cc21)c1ccccc1Cl. The third-order valence-electron chi connectivity index (χ3n) is 3.91. The van der Waals surface area contributed by atoms with Crippen LogP contribution in [0.25, 0.3) is 0 Å². The quantitative estimate of drug-likeness (QED) is 0.710. The minimum absolute atomic E-state index is 0.262. The van der Waals surface area contributed by atoms with Crippen LogP contribution in [0, 0.1) is 0 Å². The Labute approximate surface area is 137 Å². The standard InChI is InChI=1S/C16H17BrClNS/c1-10(11-5-2-3-6-13(11)18)19-14-7-4-8-15-12(14)9-16(17)20-15/h2-3,5-6,9-10,14,19H,4,7-8H2,1H3/t10-,14?/m1/s1. The Kier molecular flexibility index (Phi) is 4.51. The van der Waals surface area contributed by atoms with E-state index >= 15 is 0 Å². The number of benzene rings is 1. The summed E-state index contributed by atoms with van der Waals surface area (Å²) >= 11 is 11.8. The molecule has 0 saturated heterocycles. The van der Waals surface area contributed by atoms with E-state index in [0.29, 0.717) is 6.04 Å². The van der Waals surface area contributed by atoms with Crippen molar-refractivity contribution in [3.63, 3.8) is 0 Å². The molecule has 1 heterocycles. The molecule has 20 heavy (non-hydrogen) atoms. The lowest BCUT2D eigenvalue weighted by atomic mass is 9.93. The largest absolute Gasteiger partial charge is 0.303 e. The van der Waals surface area contributed by atoms with E-state index in [-0.39, 0.29) is 6.04 Å². The number of thiophene rings is 1. The number of rotatable bonds is 3. The molecule has 0 fully saturated rings. The van der Waals surface area contributed by atoms with Gasteiger partial charge in [-0.25, -0.2) is 0 Å². The fraction of sp³-hybridized carbons (Fsp3) is 0.375. The first-order valence-corrected chi connectivity index (χ1v) is 8.92. The van der Waals surface area contributed by atoms with Gasteiger partial charge >= 0.3 is 0 Å². The maximum atomic E-state index is 6.30. The topological polar surface area (TPSA) is 12.0 Å². The molecule has 1 N–H and O–H groups in total. The maximum Gasteiger partial charge on any atom is 0.0704 e. The highest BCUT2D eigenvalue weighted by Crippen LogP contribution is 2.39. The molecule has 1 aliphatic carbocycles. The van der Waals surface area contributed by atoms with Gasteiger partial charge in [0.1, 0.15) is 0 Å². The van der Waals surface area contributed by atoms with Gasteiger partial charge in [0, 0.05) is 22.0 Å². The molecule has 1 nitrogen and oxygen atoms in total. The molecule has 0 spiro atoms. The van der Waals surface area contributed by atoms with E-state index in [4.69, 9.17) is 11.6 Å². The predicted molar refractivity (Wildman–Crippen MR) is 90.7 cm³/mol. The van der Waals surface area contributed by atoms with Gasteiger partial charge in [-0.2, -0.15) is 0 Å². The van der Waals surface area contributed by atoms with Gasteiger partial charge < -0.3 is 5.32 Å². The molecule has 1 aromatic carbocycles. The van der Waals surface area contributed by atoms with Crippen molar-refractivity contribution in [3.8, 4) is 0 Å². The molecule has 106 valence electrons. The van der Waals surface area contributed by atoms with Crippen molar-refractivity contribution < 1.29 is 0 Å². The van der Waals surface area contributed by atoms with Gasteiger partial charge in [0.2, 0.25) is 0 Å². The van der Waals surface area contributed by atoms with Crippen LogP contribution in [0.4, 0.5) is 0 Å². The lowest BCUT2D eigenvalue weighted by molar-refractivity contribution is 0.418. The molecular formula is C16H17BrClNS. The fourth-order valence-electron chi connectivity index (χ4n) is 2.91. The van der Waals surface area contributed by atoms with Crippen LogP contribution in [-0.2, 0) is 6.42 Å². The van der Waals surface area contributed by atoms with Crippen molar-refractivity contribution in [1.82, 2.24) is 5.32 Å². The second kappa shape index (κ2) is 6.18. The first kappa shape index (κ1) is 14.6. The molecule has 3 rings (SSSR count). The summed E-state index contributed by atoms with van der Waals surface area (Å²) in [6.45, 7) is 2.19. The summed E-state index contributed by atoms with van der Waals surface area (Å²) in [5.41, 5.74) is 2.64. The van der Waals surface area contributed by atoms with Crippen LogP contribution in [0.5, 0.6) is 0 Å². The van der Waals surface area contributed by atoms with Crippen LogP contribution in [0.3, 0.4) is 0 Å². The summed E-state index contributed by atoms with van der Waals surface area (Å²) in [6, 6.07) is 11.1. The molecule has 0 bridgehead atoms. The van der Waals surface area contributed by atoms with Gasteiger partial charge in [-0.1, -0.05) is 29.8 Å². The highest BCUT2D eigenvalue weighted by molar-refractivity contribution is 9.11. The molecule has 0 radical (unpaired) electrons. The van der Waals surface area contributed by atoms with E-state index in [0.717, 1.165) is 5.02 Å². The van der Waals surface area contributed by atoms with Crippen LogP contribution in [-0.4, -0.2) is 0 Å². The molecule has 1 aliphatic rings. The zero-order valence-corrected chi connectivity index (χ0v) is 14.5. The second-order valence-electron chi connectivity index (χ2n) is 5.28. The Bertz CT molecular complexity index is 610. The number of aryl methyl sites for hydroxylation is 1. The monoisotopic (exact) mass is 369 g/mol. The van der Waals surface area contributed by atoms with Crippen molar-refractivity contribution in [2.75, 3.05) is 0 Å². The summed E-state index contributed by atoms with van der Waals surface area (Å²) in [5.74, 6) is 0. The minimum Gasteiger partial charge on any atom is -0.303 e. The molecular weight excluding hydrogens is 354 g/mol. The number of hydrogen-bond acceptors (Lipinski definition) is 2. The van der Waals surface area contributed by atoms with Crippen molar-refractivity contribution >= 4 is 38.9 Å². The molecule has 4 heteroatoms. The zero-order valence-electron chi connectivity index (χ0n) is 11.3. The lowest BCUT2D eigenvalue weighted by Gasteiger charge is -2.27. The Hall–Kier alpha value is -0.350. The molecule has 2 atom stereocenters. The number of halogens is 2. The van der Waals surface area contributed by atoms with Crippen molar-refractivity contribution in [2.45, 2.75) is 38.3 Å². The average Bonchev–Trinajstić information content (AvgIpc) is 2.80. The minimum atomic E-state index is 0.262. The smallest absolute Gasteiger partial charge is 0.0704 e. The summed E-state index contributed by atoms with van der Waals surface area (Å²) in [7, 11) is 0. The molecule has 0 saturated carbocycles. The van der Waals surface area contributed by atoms with Gasteiger partial charge in [0.05, 0.1) is 3.79 Å². The third kappa shape index (κ3) is 2.96. The summed E-state index contributed by atoms with van der Waals surface area (Å²) < 4.78 is 1.24. The molecule has 0 aliphatic heterocycles. The van der Waals surface area contributed by atoms with Gasteiger partial charge in [-0.15, -0.1) is 11.3 Å². The van der Waals surface area contributed by atoms with Crippen molar-refractivity contribution in [2.24, 2.45) is 0 Å². The Morgan fingerprint density at radius 2 is 2.20 bits per heavy atom. The maximum absolute atomic E-state index is 6.30. The van der Waals surface area contributed by atoms with Gasteiger partial charge in [-0.05, 0) is 65.4 Å². The lowest BCUT2D eigenvalue weighted by Crippen LogP contribution is -2.27. The number of nitrogens with one attached hydrogen (secondary N) is 1. The Balaban J connectivity index is 1.80. The summed E-state index contributed by atoms with van der Waals surface area (Å²) in [4.78, 5) is 1.52. The number of hydrogen-bond donors (Lipinski definition) is 1. The molecule has 2 aromatic rings. The summed E-state index contributed by atoms with van der Waals surface area (Å²) in [6.07, 6.45) is 3.67. The van der Waals surface area contributed by atoms with E-state index in [9.17, 15) is 0 Å². The van der Waals surface area contributed by atoms with Crippen LogP contribution in [0.15, 0.2) is 34.1 Å². The normalized spacial score (nSPS) is 19.6. The van der Waals surface area contributed by atoms with Crippen molar-refractivity contribution in [1.29, 1.82) is 0 Å². The van der Waals surface area contributed by atoms with E-state index in [1.807, 2.05) is 29.5 Å². The van der Waals surface area contributed by atoms with Crippen LogP contribution in [0.2, 0.25) is 5.02 Å². The van der Waals surface area contributed by atoms with E-state index in [1.165, 1.54) is 39.1 Å². The average molecular weight is 371 g/mol. The fourth-order valence-corrected chi connectivity index (χ4v) is 5.03. The van der Waals surface area contributed by atoms with Crippen molar-refractivity contribution in [3.05, 3.63) is 55.1 Å². The molecule has 1 aromatic heterocycles. The van der Waals surface area contributed by atoms with Crippen LogP contribution in [0.1, 0.15) is 47.9 Å². The second-order valence-corrected chi connectivity index (χ2v) is 8.21. The van der Waals surface area contributed by atoms with E-state index in [1.54, 1.807) is 0 Å². The predicted octanol–water partition coefficient (Wildman–Crippen LogP) is 5.89. The van der Waals surface area contributed by atoms with Crippen LogP contribution < -0.4 is 5.32 Å². The van der Waals surface area contributed by atoms with Gasteiger partial charge in [0.15, 0.2) is 0 Å². The zero-order chi connectivity index (χ0) is 14.1. The first-order chi connectivity index (χ1) is 9.65. The summed E-state index contributed by atoms with van der Waals surface area (Å²) in [5, 5.41) is 4.59. The highest BCUT2D eigenvalue weighted by Gasteiger charge is 2.24. The first-order valence-electron chi connectivity index (χ1n) is 6.93. The number of fused-ring (bicyclic) bond motifs is 1. The van der Waals surface area contributed by atoms with Gasteiger partial charge in [-0.3, -0.25) is 0 Å². The Morgan fingerprint density at radius 1 is 1.40 bits per heavy atom. The van der Waals surface area contributed by atoms with Gasteiger partial charge in [0.25, 0.3) is 0 Å².